The number of aryl methyl sites for hydroxylation is 2. The van der Waals surface area contributed by atoms with Crippen molar-refractivity contribution in [3.05, 3.63) is 17.0 Å². The minimum atomic E-state index is -0.511. The third kappa shape index (κ3) is 4.96. The van der Waals surface area contributed by atoms with Crippen LogP contribution in [0.5, 0.6) is 0 Å². The second kappa shape index (κ2) is 7.45. The molecule has 2 amide bonds. The van der Waals surface area contributed by atoms with Crippen molar-refractivity contribution < 1.29 is 18.8 Å². The highest BCUT2D eigenvalue weighted by Crippen LogP contribution is 2.22. The molecule has 1 saturated heterocycles. The molecule has 0 spiro atoms. The summed E-state index contributed by atoms with van der Waals surface area (Å²) in [7, 11) is 1.74. The van der Waals surface area contributed by atoms with Crippen molar-refractivity contribution in [2.24, 2.45) is 5.92 Å². The Morgan fingerprint density at radius 1 is 1.36 bits per heavy atom. The van der Waals surface area contributed by atoms with Crippen LogP contribution in [0.2, 0.25) is 0 Å². The lowest BCUT2D eigenvalue weighted by Crippen LogP contribution is -2.45. The van der Waals surface area contributed by atoms with Gasteiger partial charge in [0.25, 0.3) is 5.91 Å². The number of carbonyl (C=O) groups is 2. The van der Waals surface area contributed by atoms with Gasteiger partial charge in [-0.1, -0.05) is 5.16 Å². The summed E-state index contributed by atoms with van der Waals surface area (Å²) < 4.78 is 10.5. The van der Waals surface area contributed by atoms with Crippen LogP contribution in [-0.2, 0) is 4.74 Å². The Morgan fingerprint density at radius 3 is 2.60 bits per heavy atom. The second-order valence-corrected chi connectivity index (χ2v) is 7.82. The van der Waals surface area contributed by atoms with Crippen molar-refractivity contribution in [3.63, 3.8) is 0 Å². The standard InChI is InChI=1S/C18H29N3O4/c1-12-15(13(2)25-19-12)16(22)21-9-7-8-14(11-21)10-20(6)17(23)24-18(3,4)5/h14H,7-11H2,1-6H3/t14-/m0/s1. The van der Waals surface area contributed by atoms with E-state index in [1.165, 1.54) is 0 Å². The van der Waals surface area contributed by atoms with Gasteiger partial charge in [-0.25, -0.2) is 4.79 Å². The fraction of sp³-hybridized carbons (Fsp3) is 0.722. The predicted molar refractivity (Wildman–Crippen MR) is 93.5 cm³/mol. The molecule has 1 atom stereocenters. The van der Waals surface area contributed by atoms with Gasteiger partial charge in [-0.05, 0) is 53.4 Å². The van der Waals surface area contributed by atoms with Gasteiger partial charge < -0.3 is 19.1 Å². The highest BCUT2D eigenvalue weighted by Gasteiger charge is 2.30. The largest absolute Gasteiger partial charge is 0.444 e. The van der Waals surface area contributed by atoms with Gasteiger partial charge in [0.2, 0.25) is 0 Å². The molecule has 1 aliphatic heterocycles. The number of likely N-dealkylation sites (tertiary alicyclic amines) is 1. The smallest absolute Gasteiger partial charge is 0.410 e. The number of piperidine rings is 1. The van der Waals surface area contributed by atoms with Gasteiger partial charge in [-0.2, -0.15) is 0 Å². The highest BCUT2D eigenvalue weighted by atomic mass is 16.6. The van der Waals surface area contributed by atoms with Gasteiger partial charge in [0.15, 0.2) is 0 Å². The molecule has 0 N–H and O–H groups in total. The maximum absolute atomic E-state index is 12.8. The van der Waals surface area contributed by atoms with Gasteiger partial charge in [0.05, 0.1) is 5.69 Å². The number of aromatic nitrogens is 1. The zero-order valence-corrected chi connectivity index (χ0v) is 16.1. The predicted octanol–water partition coefficient (Wildman–Crippen LogP) is 3.01. The summed E-state index contributed by atoms with van der Waals surface area (Å²) >= 11 is 0. The average molecular weight is 351 g/mol. The molecule has 0 aromatic carbocycles. The molecule has 25 heavy (non-hydrogen) atoms. The minimum Gasteiger partial charge on any atom is -0.444 e. The number of nitrogens with zero attached hydrogens (tertiary/aromatic N) is 3. The Labute approximate surface area is 149 Å². The summed E-state index contributed by atoms with van der Waals surface area (Å²) in [5.41, 5.74) is 0.667. The minimum absolute atomic E-state index is 0.0409. The molecule has 2 rings (SSSR count). The first-order valence-electron chi connectivity index (χ1n) is 8.74. The van der Waals surface area contributed by atoms with Crippen molar-refractivity contribution in [2.75, 3.05) is 26.7 Å². The van der Waals surface area contributed by atoms with E-state index in [-0.39, 0.29) is 17.9 Å². The summed E-state index contributed by atoms with van der Waals surface area (Å²) in [6.07, 6.45) is 1.57. The normalized spacial score (nSPS) is 18.2. The van der Waals surface area contributed by atoms with Crippen LogP contribution in [0.4, 0.5) is 4.79 Å². The van der Waals surface area contributed by atoms with Crippen LogP contribution in [0.3, 0.4) is 0 Å². The molecule has 0 unspecified atom stereocenters. The number of rotatable bonds is 3. The third-order valence-corrected chi connectivity index (χ3v) is 4.29. The first-order chi connectivity index (χ1) is 11.6. The maximum Gasteiger partial charge on any atom is 0.410 e. The maximum atomic E-state index is 12.8. The first kappa shape index (κ1) is 19.3. The van der Waals surface area contributed by atoms with Gasteiger partial charge in [-0.3, -0.25) is 4.79 Å². The van der Waals surface area contributed by atoms with E-state index in [0.29, 0.717) is 30.1 Å². The molecule has 2 heterocycles. The Balaban J connectivity index is 1.97. The Kier molecular flexibility index (Phi) is 5.75. The summed E-state index contributed by atoms with van der Waals surface area (Å²) in [5, 5.41) is 3.86. The fourth-order valence-corrected chi connectivity index (χ4v) is 3.15. The quantitative estimate of drug-likeness (QED) is 0.837. The van der Waals surface area contributed by atoms with E-state index in [2.05, 4.69) is 5.16 Å². The molecule has 7 heteroatoms. The molecule has 1 aliphatic rings. The van der Waals surface area contributed by atoms with Crippen molar-refractivity contribution in [1.29, 1.82) is 0 Å². The summed E-state index contributed by atoms with van der Waals surface area (Å²) in [6.45, 7) is 11.0. The molecule has 1 aromatic rings. The lowest BCUT2D eigenvalue weighted by Gasteiger charge is -2.35. The van der Waals surface area contributed by atoms with E-state index in [4.69, 9.17) is 9.26 Å². The van der Waals surface area contributed by atoms with Crippen molar-refractivity contribution in [3.8, 4) is 0 Å². The van der Waals surface area contributed by atoms with Crippen molar-refractivity contribution >= 4 is 12.0 Å². The van der Waals surface area contributed by atoms with Crippen LogP contribution in [0.25, 0.3) is 0 Å². The Hall–Kier alpha value is -2.05. The van der Waals surface area contributed by atoms with E-state index < -0.39 is 5.60 Å². The molecular formula is C18H29N3O4. The van der Waals surface area contributed by atoms with Gasteiger partial charge in [0.1, 0.15) is 16.9 Å². The number of hydrogen-bond acceptors (Lipinski definition) is 5. The van der Waals surface area contributed by atoms with Gasteiger partial charge in [0, 0.05) is 26.7 Å². The molecule has 1 fully saturated rings. The molecule has 140 valence electrons. The zero-order valence-electron chi connectivity index (χ0n) is 16.1. The summed E-state index contributed by atoms with van der Waals surface area (Å²) in [5.74, 6) is 0.743. The second-order valence-electron chi connectivity index (χ2n) is 7.82. The lowest BCUT2D eigenvalue weighted by molar-refractivity contribution is 0.0244. The Morgan fingerprint density at radius 2 is 2.04 bits per heavy atom. The topological polar surface area (TPSA) is 75.9 Å². The molecule has 7 nitrogen and oxygen atoms in total. The average Bonchev–Trinajstić information content (AvgIpc) is 2.84. The molecule has 0 radical (unpaired) electrons. The lowest BCUT2D eigenvalue weighted by atomic mass is 9.96. The highest BCUT2D eigenvalue weighted by molar-refractivity contribution is 5.96. The van der Waals surface area contributed by atoms with Crippen molar-refractivity contribution in [1.82, 2.24) is 15.0 Å². The van der Waals surface area contributed by atoms with E-state index in [9.17, 15) is 9.59 Å². The van der Waals surface area contributed by atoms with E-state index in [1.807, 2.05) is 25.7 Å². The number of carbonyl (C=O) groups excluding carboxylic acids is 2. The molecule has 0 aliphatic carbocycles. The van der Waals surface area contributed by atoms with E-state index in [1.54, 1.807) is 25.8 Å². The number of amides is 2. The Bertz CT molecular complexity index is 613. The van der Waals surface area contributed by atoms with E-state index in [0.717, 1.165) is 19.4 Å². The first-order valence-corrected chi connectivity index (χ1v) is 8.74. The molecule has 1 aromatic heterocycles. The van der Waals surface area contributed by atoms with Crippen LogP contribution in [0, 0.1) is 19.8 Å². The van der Waals surface area contributed by atoms with Crippen LogP contribution >= 0.6 is 0 Å². The summed E-state index contributed by atoms with van der Waals surface area (Å²) in [6, 6.07) is 0. The van der Waals surface area contributed by atoms with E-state index >= 15 is 0 Å². The molecule has 0 saturated carbocycles. The van der Waals surface area contributed by atoms with Crippen LogP contribution in [-0.4, -0.2) is 59.2 Å². The summed E-state index contributed by atoms with van der Waals surface area (Å²) in [4.78, 5) is 28.3. The van der Waals surface area contributed by atoms with Crippen LogP contribution < -0.4 is 0 Å². The zero-order chi connectivity index (χ0) is 18.8. The van der Waals surface area contributed by atoms with Crippen molar-refractivity contribution in [2.45, 2.75) is 53.1 Å². The fourth-order valence-electron chi connectivity index (χ4n) is 3.15. The number of hydrogen-bond donors (Lipinski definition) is 0. The SMILES string of the molecule is Cc1noc(C)c1C(=O)N1CCC[C@@H](CN(C)C(=O)OC(C)(C)C)C1. The van der Waals surface area contributed by atoms with Crippen LogP contribution in [0.15, 0.2) is 4.52 Å². The molecule has 0 bridgehead atoms. The van der Waals surface area contributed by atoms with Gasteiger partial charge >= 0.3 is 6.09 Å². The van der Waals surface area contributed by atoms with Crippen LogP contribution in [0.1, 0.15) is 55.4 Å². The molecular weight excluding hydrogens is 322 g/mol. The number of ether oxygens (including phenoxy) is 1. The monoisotopic (exact) mass is 351 g/mol. The third-order valence-electron chi connectivity index (χ3n) is 4.29. The van der Waals surface area contributed by atoms with Gasteiger partial charge in [-0.15, -0.1) is 0 Å².